The molecule has 1 aliphatic rings. The first kappa shape index (κ1) is 9.96. The van der Waals surface area contributed by atoms with Crippen LogP contribution in [0.2, 0.25) is 0 Å². The highest BCUT2D eigenvalue weighted by atomic mass is 16.2. The number of carbonyl (C=O) groups is 2. The normalized spacial score (nSPS) is 22.1. The van der Waals surface area contributed by atoms with Crippen molar-refractivity contribution in [2.24, 2.45) is 5.92 Å². The van der Waals surface area contributed by atoms with E-state index in [1.54, 1.807) is 0 Å². The SMILES string of the molecule is C=CC(=O)N1CC(CCC)CC1=O. The van der Waals surface area contributed by atoms with Gasteiger partial charge < -0.3 is 0 Å². The number of rotatable bonds is 3. The summed E-state index contributed by atoms with van der Waals surface area (Å²) < 4.78 is 0. The van der Waals surface area contributed by atoms with Gasteiger partial charge in [0.25, 0.3) is 5.91 Å². The van der Waals surface area contributed by atoms with Gasteiger partial charge in [-0.3, -0.25) is 14.5 Å². The van der Waals surface area contributed by atoms with Crippen molar-refractivity contribution in [2.75, 3.05) is 6.54 Å². The van der Waals surface area contributed by atoms with E-state index in [0.29, 0.717) is 18.9 Å². The van der Waals surface area contributed by atoms with Crippen LogP contribution in [0.5, 0.6) is 0 Å². The van der Waals surface area contributed by atoms with Crippen LogP contribution in [-0.2, 0) is 9.59 Å². The molecule has 1 atom stereocenters. The Morgan fingerprint density at radius 3 is 3.00 bits per heavy atom. The minimum atomic E-state index is -0.261. The molecule has 0 aliphatic carbocycles. The molecule has 0 bridgehead atoms. The van der Waals surface area contributed by atoms with Gasteiger partial charge in [-0.05, 0) is 18.4 Å². The summed E-state index contributed by atoms with van der Waals surface area (Å²) >= 11 is 0. The fraction of sp³-hybridized carbons (Fsp3) is 0.600. The molecule has 1 saturated heterocycles. The topological polar surface area (TPSA) is 37.4 Å². The highest BCUT2D eigenvalue weighted by Crippen LogP contribution is 2.22. The number of likely N-dealkylation sites (tertiary alicyclic amines) is 1. The summed E-state index contributed by atoms with van der Waals surface area (Å²) in [6.45, 7) is 6.03. The molecule has 1 unspecified atom stereocenters. The molecule has 72 valence electrons. The van der Waals surface area contributed by atoms with Crippen LogP contribution in [0, 0.1) is 5.92 Å². The predicted octanol–water partition coefficient (Wildman–Crippen LogP) is 1.35. The Bertz CT molecular complexity index is 235. The first-order valence-electron chi connectivity index (χ1n) is 4.65. The third-order valence-electron chi connectivity index (χ3n) is 2.34. The third-order valence-corrected chi connectivity index (χ3v) is 2.34. The Hall–Kier alpha value is -1.12. The molecule has 13 heavy (non-hydrogen) atoms. The smallest absolute Gasteiger partial charge is 0.252 e. The lowest BCUT2D eigenvalue weighted by Gasteiger charge is -2.11. The maximum absolute atomic E-state index is 11.3. The summed E-state index contributed by atoms with van der Waals surface area (Å²) in [6, 6.07) is 0. The minimum absolute atomic E-state index is 0.0525. The van der Waals surface area contributed by atoms with Crippen molar-refractivity contribution < 1.29 is 9.59 Å². The average Bonchev–Trinajstić information content (AvgIpc) is 2.46. The molecule has 0 N–H and O–H groups in total. The van der Waals surface area contributed by atoms with Crippen LogP contribution < -0.4 is 0 Å². The zero-order valence-corrected chi connectivity index (χ0v) is 7.95. The zero-order chi connectivity index (χ0) is 9.84. The van der Waals surface area contributed by atoms with Gasteiger partial charge in [0.05, 0.1) is 0 Å². The van der Waals surface area contributed by atoms with Gasteiger partial charge >= 0.3 is 0 Å². The quantitative estimate of drug-likeness (QED) is 0.616. The second-order valence-corrected chi connectivity index (χ2v) is 3.41. The van der Waals surface area contributed by atoms with Gasteiger partial charge in [0.15, 0.2) is 0 Å². The summed E-state index contributed by atoms with van der Waals surface area (Å²) in [4.78, 5) is 23.8. The van der Waals surface area contributed by atoms with E-state index in [4.69, 9.17) is 0 Å². The van der Waals surface area contributed by atoms with Crippen LogP contribution in [0.1, 0.15) is 26.2 Å². The molecule has 0 spiro atoms. The van der Waals surface area contributed by atoms with Crippen LogP contribution in [0.25, 0.3) is 0 Å². The second kappa shape index (κ2) is 4.21. The summed E-state index contributed by atoms with van der Waals surface area (Å²) in [7, 11) is 0. The fourth-order valence-electron chi connectivity index (χ4n) is 1.71. The lowest BCUT2D eigenvalue weighted by molar-refractivity contribution is -0.138. The van der Waals surface area contributed by atoms with Crippen molar-refractivity contribution in [3.8, 4) is 0 Å². The standard InChI is InChI=1S/C10H15NO2/c1-3-5-8-6-10(13)11(7-8)9(12)4-2/h4,8H,2-3,5-7H2,1H3. The van der Waals surface area contributed by atoms with E-state index in [0.717, 1.165) is 12.8 Å². The van der Waals surface area contributed by atoms with E-state index in [2.05, 4.69) is 13.5 Å². The highest BCUT2D eigenvalue weighted by molar-refractivity contribution is 6.01. The van der Waals surface area contributed by atoms with Gasteiger partial charge in [0.2, 0.25) is 5.91 Å². The van der Waals surface area contributed by atoms with Crippen molar-refractivity contribution in [1.29, 1.82) is 0 Å². The van der Waals surface area contributed by atoms with Crippen LogP contribution in [-0.4, -0.2) is 23.3 Å². The fourth-order valence-corrected chi connectivity index (χ4v) is 1.71. The largest absolute Gasteiger partial charge is 0.279 e. The molecule has 1 fully saturated rings. The van der Waals surface area contributed by atoms with Crippen molar-refractivity contribution in [3.63, 3.8) is 0 Å². The summed E-state index contributed by atoms with van der Waals surface area (Å²) in [5.41, 5.74) is 0. The van der Waals surface area contributed by atoms with E-state index >= 15 is 0 Å². The molecule has 0 aromatic heterocycles. The second-order valence-electron chi connectivity index (χ2n) is 3.41. The van der Waals surface area contributed by atoms with Gasteiger partial charge in [0, 0.05) is 13.0 Å². The molecule has 2 amide bonds. The van der Waals surface area contributed by atoms with Crippen LogP contribution in [0.3, 0.4) is 0 Å². The number of amides is 2. The van der Waals surface area contributed by atoms with E-state index < -0.39 is 0 Å². The van der Waals surface area contributed by atoms with Gasteiger partial charge in [0.1, 0.15) is 0 Å². The number of imide groups is 1. The minimum Gasteiger partial charge on any atom is -0.279 e. The Morgan fingerprint density at radius 2 is 2.46 bits per heavy atom. The van der Waals surface area contributed by atoms with E-state index in [1.807, 2.05) is 0 Å². The van der Waals surface area contributed by atoms with Crippen molar-refractivity contribution in [3.05, 3.63) is 12.7 Å². The molecular formula is C10H15NO2. The molecule has 3 heteroatoms. The number of carbonyl (C=O) groups excluding carboxylic acids is 2. The molecule has 3 nitrogen and oxygen atoms in total. The summed E-state index contributed by atoms with van der Waals surface area (Å²) in [6.07, 6.45) is 3.81. The lowest BCUT2D eigenvalue weighted by Crippen LogP contribution is -2.30. The van der Waals surface area contributed by atoms with E-state index in [9.17, 15) is 9.59 Å². The predicted molar refractivity (Wildman–Crippen MR) is 49.9 cm³/mol. The zero-order valence-electron chi connectivity index (χ0n) is 7.95. The molecule has 0 radical (unpaired) electrons. The Balaban J connectivity index is 2.56. The van der Waals surface area contributed by atoms with Gasteiger partial charge in [-0.25, -0.2) is 0 Å². The molecule has 0 aromatic carbocycles. The molecule has 0 aromatic rings. The third kappa shape index (κ3) is 2.17. The molecular weight excluding hydrogens is 166 g/mol. The highest BCUT2D eigenvalue weighted by Gasteiger charge is 2.31. The molecule has 1 aliphatic heterocycles. The summed E-state index contributed by atoms with van der Waals surface area (Å²) in [5.74, 6) is 0.0494. The van der Waals surface area contributed by atoms with Gasteiger partial charge in [-0.1, -0.05) is 19.9 Å². The molecule has 1 rings (SSSR count). The van der Waals surface area contributed by atoms with Crippen LogP contribution in [0.15, 0.2) is 12.7 Å². The average molecular weight is 181 g/mol. The Labute approximate surface area is 78.4 Å². The Morgan fingerprint density at radius 1 is 1.77 bits per heavy atom. The van der Waals surface area contributed by atoms with Crippen LogP contribution >= 0.6 is 0 Å². The van der Waals surface area contributed by atoms with Crippen molar-refractivity contribution in [2.45, 2.75) is 26.2 Å². The molecule has 1 heterocycles. The van der Waals surface area contributed by atoms with E-state index in [1.165, 1.54) is 11.0 Å². The van der Waals surface area contributed by atoms with Crippen molar-refractivity contribution >= 4 is 11.8 Å². The first-order valence-corrected chi connectivity index (χ1v) is 4.65. The molecule has 0 saturated carbocycles. The number of hydrogen-bond donors (Lipinski definition) is 0. The van der Waals surface area contributed by atoms with Crippen molar-refractivity contribution in [1.82, 2.24) is 4.90 Å². The number of nitrogens with zero attached hydrogens (tertiary/aromatic N) is 1. The maximum Gasteiger partial charge on any atom is 0.252 e. The summed E-state index contributed by atoms with van der Waals surface area (Å²) in [5, 5.41) is 0. The van der Waals surface area contributed by atoms with Crippen LogP contribution in [0.4, 0.5) is 0 Å². The number of hydrogen-bond acceptors (Lipinski definition) is 2. The monoisotopic (exact) mass is 181 g/mol. The first-order chi connectivity index (χ1) is 6.19. The maximum atomic E-state index is 11.3. The van der Waals surface area contributed by atoms with E-state index in [-0.39, 0.29) is 11.8 Å². The lowest BCUT2D eigenvalue weighted by atomic mass is 10.0. The van der Waals surface area contributed by atoms with Gasteiger partial charge in [-0.15, -0.1) is 0 Å². The Kier molecular flexibility index (Phi) is 3.23. The van der Waals surface area contributed by atoms with Gasteiger partial charge in [-0.2, -0.15) is 0 Å².